The number of benzene rings is 1. The second kappa shape index (κ2) is 10.1. The van der Waals surface area contributed by atoms with Gasteiger partial charge in [-0.2, -0.15) is 4.98 Å². The Morgan fingerprint density at radius 3 is 2.52 bits per heavy atom. The van der Waals surface area contributed by atoms with E-state index in [9.17, 15) is 4.79 Å². The number of carbonyl (C=O) groups is 1. The summed E-state index contributed by atoms with van der Waals surface area (Å²) in [5.41, 5.74) is 0.773. The van der Waals surface area contributed by atoms with Crippen LogP contribution >= 0.6 is 0 Å². The predicted molar refractivity (Wildman–Crippen MR) is 113 cm³/mol. The molecular weight excluding hydrogens is 370 g/mol. The van der Waals surface area contributed by atoms with E-state index >= 15 is 0 Å². The van der Waals surface area contributed by atoms with Crippen LogP contribution in [0.5, 0.6) is 11.6 Å². The molecule has 156 valence electrons. The molecule has 1 aromatic carbocycles. The zero-order valence-electron chi connectivity index (χ0n) is 17.3. The number of hydrogen-bond acceptors (Lipinski definition) is 7. The van der Waals surface area contributed by atoms with Gasteiger partial charge in [-0.3, -0.25) is 14.7 Å². The van der Waals surface area contributed by atoms with Crippen molar-refractivity contribution in [3.05, 3.63) is 36.7 Å². The fourth-order valence-corrected chi connectivity index (χ4v) is 3.13. The van der Waals surface area contributed by atoms with E-state index in [4.69, 9.17) is 9.47 Å². The largest absolute Gasteiger partial charge is 0.494 e. The Morgan fingerprint density at radius 1 is 1.14 bits per heavy atom. The molecule has 0 atom stereocenters. The smallest absolute Gasteiger partial charge is 0.238 e. The molecule has 29 heavy (non-hydrogen) atoms. The number of nitrogens with zero attached hydrogens (tertiary/aromatic N) is 4. The second-order valence-electron chi connectivity index (χ2n) is 7.15. The minimum absolute atomic E-state index is 0.0188. The summed E-state index contributed by atoms with van der Waals surface area (Å²) in [4.78, 5) is 25.4. The van der Waals surface area contributed by atoms with E-state index in [1.54, 1.807) is 12.4 Å². The van der Waals surface area contributed by atoms with Gasteiger partial charge in [-0.25, -0.2) is 0 Å². The molecule has 1 N–H and O–H groups in total. The number of piperazine rings is 1. The van der Waals surface area contributed by atoms with Crippen LogP contribution in [0.15, 0.2) is 36.7 Å². The lowest BCUT2D eigenvalue weighted by Gasteiger charge is -2.34. The lowest BCUT2D eigenvalue weighted by Crippen LogP contribution is -2.49. The number of anilines is 2. The van der Waals surface area contributed by atoms with Gasteiger partial charge in [0, 0.05) is 31.9 Å². The summed E-state index contributed by atoms with van der Waals surface area (Å²) in [6, 6.07) is 7.42. The summed E-state index contributed by atoms with van der Waals surface area (Å²) in [6.07, 6.45) is 3.44. The molecular formula is C21H29N5O3. The van der Waals surface area contributed by atoms with Crippen molar-refractivity contribution in [1.29, 1.82) is 0 Å². The average Bonchev–Trinajstić information content (AvgIpc) is 2.70. The number of rotatable bonds is 8. The van der Waals surface area contributed by atoms with E-state index in [0.717, 1.165) is 43.4 Å². The molecule has 0 radical (unpaired) electrons. The number of hydrogen-bond donors (Lipinski definition) is 1. The highest BCUT2D eigenvalue weighted by Crippen LogP contribution is 2.18. The van der Waals surface area contributed by atoms with Gasteiger partial charge in [-0.1, -0.05) is 0 Å². The predicted octanol–water partition coefficient (Wildman–Crippen LogP) is 2.42. The Kier molecular flexibility index (Phi) is 7.24. The third-order valence-electron chi connectivity index (χ3n) is 4.47. The SMILES string of the molecule is CCOc1ccc(NC(=O)CN2CCN(c3cncc(OC(C)C)n3)CC2)cc1. The van der Waals surface area contributed by atoms with Crippen LogP contribution in [-0.2, 0) is 4.79 Å². The van der Waals surface area contributed by atoms with Crippen molar-refractivity contribution in [2.24, 2.45) is 0 Å². The maximum Gasteiger partial charge on any atom is 0.238 e. The van der Waals surface area contributed by atoms with Crippen LogP contribution in [0.4, 0.5) is 11.5 Å². The molecule has 0 bridgehead atoms. The fourth-order valence-electron chi connectivity index (χ4n) is 3.13. The van der Waals surface area contributed by atoms with Gasteiger partial charge in [0.25, 0.3) is 0 Å². The van der Waals surface area contributed by atoms with Crippen molar-refractivity contribution in [3.8, 4) is 11.6 Å². The molecule has 0 aliphatic carbocycles. The summed E-state index contributed by atoms with van der Waals surface area (Å²) < 4.78 is 11.0. The number of nitrogens with one attached hydrogen (secondary N) is 1. The molecule has 8 nitrogen and oxygen atoms in total. The van der Waals surface area contributed by atoms with Crippen molar-refractivity contribution in [2.45, 2.75) is 26.9 Å². The molecule has 1 aliphatic rings. The molecule has 1 saturated heterocycles. The normalized spacial score (nSPS) is 14.7. The summed E-state index contributed by atoms with van der Waals surface area (Å²) in [5.74, 6) is 2.12. The van der Waals surface area contributed by atoms with Gasteiger partial charge in [-0.05, 0) is 45.0 Å². The van der Waals surface area contributed by atoms with Crippen LogP contribution in [0.3, 0.4) is 0 Å². The van der Waals surface area contributed by atoms with E-state index in [1.165, 1.54) is 0 Å². The maximum absolute atomic E-state index is 12.4. The first-order valence-electron chi connectivity index (χ1n) is 10.0. The molecule has 2 heterocycles. The third kappa shape index (κ3) is 6.32. The van der Waals surface area contributed by atoms with Crippen molar-refractivity contribution < 1.29 is 14.3 Å². The monoisotopic (exact) mass is 399 g/mol. The fraction of sp³-hybridized carbons (Fsp3) is 0.476. The first-order chi connectivity index (χ1) is 14.0. The summed E-state index contributed by atoms with van der Waals surface area (Å²) >= 11 is 0. The van der Waals surface area contributed by atoms with Crippen LogP contribution in [0.1, 0.15) is 20.8 Å². The molecule has 8 heteroatoms. The van der Waals surface area contributed by atoms with Crippen LogP contribution < -0.4 is 19.7 Å². The minimum Gasteiger partial charge on any atom is -0.494 e. The lowest BCUT2D eigenvalue weighted by molar-refractivity contribution is -0.117. The molecule has 0 saturated carbocycles. The van der Waals surface area contributed by atoms with Crippen LogP contribution in [0, 0.1) is 0 Å². The first-order valence-corrected chi connectivity index (χ1v) is 10.0. The van der Waals surface area contributed by atoms with E-state index < -0.39 is 0 Å². The molecule has 0 unspecified atom stereocenters. The topological polar surface area (TPSA) is 79.8 Å². The van der Waals surface area contributed by atoms with Gasteiger partial charge in [0.1, 0.15) is 5.75 Å². The quantitative estimate of drug-likeness (QED) is 0.730. The zero-order valence-corrected chi connectivity index (χ0v) is 17.3. The van der Waals surface area contributed by atoms with Crippen LogP contribution in [0.2, 0.25) is 0 Å². The Labute approximate surface area is 171 Å². The van der Waals surface area contributed by atoms with Gasteiger partial charge in [-0.15, -0.1) is 0 Å². The van der Waals surface area contributed by atoms with Crippen LogP contribution in [0.25, 0.3) is 0 Å². The Hall–Kier alpha value is -2.87. The summed E-state index contributed by atoms with van der Waals surface area (Å²) in [7, 11) is 0. The lowest BCUT2D eigenvalue weighted by atomic mass is 10.3. The van der Waals surface area contributed by atoms with Gasteiger partial charge in [0.2, 0.25) is 11.8 Å². The standard InChI is InChI=1S/C21H29N5O3/c1-4-28-18-7-5-17(6-8-18)23-20(27)15-25-9-11-26(12-10-25)19-13-22-14-21(24-19)29-16(2)3/h5-8,13-14,16H,4,9-12,15H2,1-3H3,(H,23,27). The molecule has 1 aliphatic heterocycles. The Bertz CT molecular complexity index is 789. The van der Waals surface area contributed by atoms with Crippen LogP contribution in [-0.4, -0.2) is 66.2 Å². The number of amides is 1. The van der Waals surface area contributed by atoms with E-state index in [2.05, 4.69) is 25.1 Å². The van der Waals surface area contributed by atoms with Crippen molar-refractivity contribution in [3.63, 3.8) is 0 Å². The summed E-state index contributed by atoms with van der Waals surface area (Å²) in [5, 5.41) is 2.94. The molecule has 0 spiro atoms. The highest BCUT2D eigenvalue weighted by molar-refractivity contribution is 5.92. The highest BCUT2D eigenvalue weighted by Gasteiger charge is 2.20. The molecule has 1 amide bonds. The van der Waals surface area contributed by atoms with E-state index in [-0.39, 0.29) is 12.0 Å². The third-order valence-corrected chi connectivity index (χ3v) is 4.47. The molecule has 3 rings (SSSR count). The Morgan fingerprint density at radius 2 is 1.86 bits per heavy atom. The highest BCUT2D eigenvalue weighted by atomic mass is 16.5. The maximum atomic E-state index is 12.4. The summed E-state index contributed by atoms with van der Waals surface area (Å²) in [6.45, 7) is 10.0. The zero-order chi connectivity index (χ0) is 20.6. The van der Waals surface area contributed by atoms with Gasteiger partial charge < -0.3 is 19.7 Å². The van der Waals surface area contributed by atoms with Crippen molar-refractivity contribution in [2.75, 3.05) is 49.5 Å². The van der Waals surface area contributed by atoms with Crippen molar-refractivity contribution >= 4 is 17.4 Å². The minimum atomic E-state index is -0.0188. The van der Waals surface area contributed by atoms with Gasteiger partial charge in [0.05, 0.1) is 31.6 Å². The van der Waals surface area contributed by atoms with Gasteiger partial charge >= 0.3 is 0 Å². The van der Waals surface area contributed by atoms with Gasteiger partial charge in [0.15, 0.2) is 5.82 Å². The number of aromatic nitrogens is 2. The number of carbonyl (C=O) groups excluding carboxylic acids is 1. The Balaban J connectivity index is 1.46. The van der Waals surface area contributed by atoms with Crippen molar-refractivity contribution in [1.82, 2.24) is 14.9 Å². The number of ether oxygens (including phenoxy) is 2. The molecule has 1 fully saturated rings. The molecule has 1 aromatic heterocycles. The second-order valence-corrected chi connectivity index (χ2v) is 7.15. The van der Waals surface area contributed by atoms with E-state index in [0.29, 0.717) is 19.0 Å². The molecule has 2 aromatic rings. The first kappa shape index (κ1) is 20.9. The average molecular weight is 399 g/mol. The van der Waals surface area contributed by atoms with E-state index in [1.807, 2.05) is 45.0 Å².